The summed E-state index contributed by atoms with van der Waals surface area (Å²) >= 11 is 0. The van der Waals surface area contributed by atoms with Gasteiger partial charge >= 0.3 is 5.97 Å². The van der Waals surface area contributed by atoms with E-state index in [2.05, 4.69) is 5.16 Å². The Hall–Kier alpha value is -1.85. The molecule has 60 valence electrons. The van der Waals surface area contributed by atoms with Gasteiger partial charge in [-0.25, -0.2) is 4.79 Å². The van der Waals surface area contributed by atoms with Gasteiger partial charge in [0.1, 0.15) is 6.21 Å². The Labute approximate surface area is 61.8 Å². The van der Waals surface area contributed by atoms with Crippen LogP contribution in [0.4, 0.5) is 0 Å². The molecule has 11 heavy (non-hydrogen) atoms. The van der Waals surface area contributed by atoms with Crippen molar-refractivity contribution >= 4 is 18.1 Å². The van der Waals surface area contributed by atoms with E-state index >= 15 is 0 Å². The molecule has 0 aromatic rings. The molecule has 0 heterocycles. The summed E-state index contributed by atoms with van der Waals surface area (Å²) in [6.45, 7) is 0. The molecule has 6 heteroatoms. The van der Waals surface area contributed by atoms with Crippen molar-refractivity contribution in [2.45, 2.75) is 0 Å². The summed E-state index contributed by atoms with van der Waals surface area (Å²) in [5.41, 5.74) is 0. The SMILES string of the molecule is O=C(O)/C=C/NC(=O)C=NO. The summed E-state index contributed by atoms with van der Waals surface area (Å²) in [6, 6.07) is 0. The highest BCUT2D eigenvalue weighted by molar-refractivity contribution is 6.26. The third kappa shape index (κ3) is 6.03. The van der Waals surface area contributed by atoms with Crippen molar-refractivity contribution in [1.29, 1.82) is 0 Å². The van der Waals surface area contributed by atoms with E-state index in [4.69, 9.17) is 10.3 Å². The average molecular weight is 158 g/mol. The number of carbonyl (C=O) groups excluding carboxylic acids is 1. The summed E-state index contributed by atoms with van der Waals surface area (Å²) in [4.78, 5) is 20.2. The molecule has 0 fully saturated rings. The van der Waals surface area contributed by atoms with E-state index in [1.165, 1.54) is 0 Å². The molecule has 0 aliphatic heterocycles. The van der Waals surface area contributed by atoms with Crippen LogP contribution in [-0.2, 0) is 9.59 Å². The van der Waals surface area contributed by atoms with Crippen molar-refractivity contribution in [1.82, 2.24) is 5.32 Å². The van der Waals surface area contributed by atoms with E-state index in [-0.39, 0.29) is 0 Å². The van der Waals surface area contributed by atoms with E-state index in [0.717, 1.165) is 12.3 Å². The Bertz CT molecular complexity index is 209. The second-order valence-electron chi connectivity index (χ2n) is 1.42. The fourth-order valence-electron chi connectivity index (χ4n) is 0.285. The van der Waals surface area contributed by atoms with Gasteiger partial charge in [0.05, 0.1) is 0 Å². The molecule has 3 N–H and O–H groups in total. The Balaban J connectivity index is 3.70. The molecule has 0 spiro atoms. The quantitative estimate of drug-likeness (QED) is 0.216. The maximum atomic E-state index is 10.4. The van der Waals surface area contributed by atoms with Crippen molar-refractivity contribution in [2.75, 3.05) is 0 Å². The third-order valence-corrected chi connectivity index (χ3v) is 0.626. The Morgan fingerprint density at radius 2 is 2.09 bits per heavy atom. The highest BCUT2D eigenvalue weighted by atomic mass is 16.4. The highest BCUT2D eigenvalue weighted by Crippen LogP contribution is 1.67. The number of nitrogens with zero attached hydrogens (tertiary/aromatic N) is 1. The lowest BCUT2D eigenvalue weighted by Crippen LogP contribution is -2.18. The van der Waals surface area contributed by atoms with Gasteiger partial charge in [-0.05, 0) is 0 Å². The minimum Gasteiger partial charge on any atom is -0.478 e. The molecule has 0 aromatic heterocycles. The zero-order valence-electron chi connectivity index (χ0n) is 5.39. The molecule has 0 aromatic carbocycles. The predicted molar refractivity (Wildman–Crippen MR) is 35.2 cm³/mol. The first-order valence-electron chi connectivity index (χ1n) is 2.54. The van der Waals surface area contributed by atoms with Crippen LogP contribution in [0.25, 0.3) is 0 Å². The fourth-order valence-corrected chi connectivity index (χ4v) is 0.285. The van der Waals surface area contributed by atoms with E-state index in [1.807, 2.05) is 5.32 Å². The molecule has 0 unspecified atom stereocenters. The first kappa shape index (κ1) is 9.15. The molecular weight excluding hydrogens is 152 g/mol. The van der Waals surface area contributed by atoms with Crippen LogP contribution in [-0.4, -0.2) is 28.4 Å². The highest BCUT2D eigenvalue weighted by Gasteiger charge is 1.90. The Morgan fingerprint density at radius 3 is 2.55 bits per heavy atom. The van der Waals surface area contributed by atoms with Crippen LogP contribution in [0.3, 0.4) is 0 Å². The summed E-state index contributed by atoms with van der Waals surface area (Å²) in [5, 5.41) is 20.3. The summed E-state index contributed by atoms with van der Waals surface area (Å²) in [7, 11) is 0. The van der Waals surface area contributed by atoms with Crippen LogP contribution < -0.4 is 5.32 Å². The second kappa shape index (κ2) is 4.98. The first-order valence-corrected chi connectivity index (χ1v) is 2.54. The predicted octanol–water partition coefficient (Wildman–Crippen LogP) is -0.839. The maximum absolute atomic E-state index is 10.4. The minimum atomic E-state index is -1.17. The Morgan fingerprint density at radius 1 is 1.45 bits per heavy atom. The van der Waals surface area contributed by atoms with Crippen molar-refractivity contribution in [3.05, 3.63) is 12.3 Å². The third-order valence-electron chi connectivity index (χ3n) is 0.626. The van der Waals surface area contributed by atoms with Crippen molar-refractivity contribution < 1.29 is 19.9 Å². The zero-order chi connectivity index (χ0) is 8.69. The van der Waals surface area contributed by atoms with Gasteiger partial charge in [0.15, 0.2) is 0 Å². The van der Waals surface area contributed by atoms with Gasteiger partial charge in [0.25, 0.3) is 5.91 Å². The smallest absolute Gasteiger partial charge is 0.329 e. The summed E-state index contributed by atoms with van der Waals surface area (Å²) in [5.74, 6) is -1.88. The van der Waals surface area contributed by atoms with Crippen molar-refractivity contribution in [3.8, 4) is 0 Å². The molecule has 0 aliphatic carbocycles. The van der Waals surface area contributed by atoms with E-state index in [1.54, 1.807) is 0 Å². The van der Waals surface area contributed by atoms with Crippen LogP contribution in [0.1, 0.15) is 0 Å². The number of hydrogen-bond acceptors (Lipinski definition) is 4. The molecule has 6 nitrogen and oxygen atoms in total. The van der Waals surface area contributed by atoms with Crippen LogP contribution in [0.2, 0.25) is 0 Å². The number of carboxylic acids is 1. The number of carbonyl (C=O) groups is 2. The van der Waals surface area contributed by atoms with Crippen molar-refractivity contribution in [3.63, 3.8) is 0 Å². The van der Waals surface area contributed by atoms with Gasteiger partial charge in [0.2, 0.25) is 0 Å². The van der Waals surface area contributed by atoms with Gasteiger partial charge in [-0.3, -0.25) is 4.79 Å². The topological polar surface area (TPSA) is 99.0 Å². The zero-order valence-corrected chi connectivity index (χ0v) is 5.39. The number of oxime groups is 1. The van der Waals surface area contributed by atoms with Crippen molar-refractivity contribution in [2.24, 2.45) is 5.16 Å². The molecule has 0 rings (SSSR count). The van der Waals surface area contributed by atoms with Gasteiger partial charge in [-0.15, -0.1) is 0 Å². The number of nitrogens with one attached hydrogen (secondary N) is 1. The van der Waals surface area contributed by atoms with Gasteiger partial charge in [-0.2, -0.15) is 0 Å². The molecule has 0 aliphatic rings. The Kier molecular flexibility index (Phi) is 4.14. The molecule has 0 atom stereocenters. The second-order valence-corrected chi connectivity index (χ2v) is 1.42. The average Bonchev–Trinajstić information content (AvgIpc) is 1.87. The molecule has 0 saturated heterocycles. The maximum Gasteiger partial charge on any atom is 0.329 e. The van der Waals surface area contributed by atoms with Crippen LogP contribution in [0.5, 0.6) is 0 Å². The first-order chi connectivity index (χ1) is 5.16. The van der Waals surface area contributed by atoms with Crippen LogP contribution in [0.15, 0.2) is 17.4 Å². The minimum absolute atomic E-state index is 0.603. The van der Waals surface area contributed by atoms with E-state index < -0.39 is 11.9 Å². The standard InChI is InChI=1S/C5H6N2O4/c8-4(3-7-11)6-2-1-5(9)10/h1-3,11H,(H,6,8)(H,9,10)/b2-1+,7-3?. The lowest BCUT2D eigenvalue weighted by atomic mass is 10.6. The summed E-state index contributed by atoms with van der Waals surface area (Å²) in [6.07, 6.45) is 2.27. The lowest BCUT2D eigenvalue weighted by Gasteiger charge is -1.87. The van der Waals surface area contributed by atoms with Crippen LogP contribution in [0, 0.1) is 0 Å². The van der Waals surface area contributed by atoms with E-state index in [9.17, 15) is 9.59 Å². The molecule has 0 saturated carbocycles. The van der Waals surface area contributed by atoms with E-state index in [0.29, 0.717) is 6.21 Å². The van der Waals surface area contributed by atoms with Gasteiger partial charge in [0, 0.05) is 12.3 Å². The van der Waals surface area contributed by atoms with Gasteiger partial charge < -0.3 is 15.6 Å². The largest absolute Gasteiger partial charge is 0.478 e. The van der Waals surface area contributed by atoms with Gasteiger partial charge in [-0.1, -0.05) is 5.16 Å². The van der Waals surface area contributed by atoms with Crippen LogP contribution >= 0.6 is 0 Å². The summed E-state index contributed by atoms with van der Waals surface area (Å²) < 4.78 is 0. The number of carboxylic acid groups (broad SMARTS) is 1. The molecule has 0 radical (unpaired) electrons. The molecule has 1 amide bonds. The lowest BCUT2D eigenvalue weighted by molar-refractivity contribution is -0.131. The number of hydrogen-bond donors (Lipinski definition) is 3. The number of amides is 1. The monoisotopic (exact) mass is 158 g/mol. The molecular formula is C5H6N2O4. The number of rotatable bonds is 3. The number of aliphatic carboxylic acids is 1. The normalized spacial score (nSPS) is 10.5. The fraction of sp³-hybridized carbons (Fsp3) is 0. The molecule has 0 bridgehead atoms.